The molecule has 1 fully saturated rings. The molecule has 0 unspecified atom stereocenters. The van der Waals surface area contributed by atoms with E-state index in [1.165, 1.54) is 17.0 Å². The van der Waals surface area contributed by atoms with Crippen LogP contribution < -0.4 is 20.7 Å². The molecule has 1 saturated carbocycles. The summed E-state index contributed by atoms with van der Waals surface area (Å²) in [5, 5.41) is 3.20. The highest BCUT2D eigenvalue weighted by Crippen LogP contribution is 2.38. The Morgan fingerprint density at radius 1 is 1.05 bits per heavy atom. The molecule has 1 aliphatic rings. The number of carbonyl (C=O) groups excluding carboxylic acids is 2. The lowest BCUT2D eigenvalue weighted by atomic mass is 9.99. The molecule has 4 aromatic rings. The second-order valence-corrected chi connectivity index (χ2v) is 11.2. The van der Waals surface area contributed by atoms with E-state index in [1.54, 1.807) is 31.4 Å². The van der Waals surface area contributed by atoms with Crippen LogP contribution in [0.2, 0.25) is 0 Å². The fraction of sp³-hybridized carbons (Fsp3) is 0.281. The first-order valence-electron chi connectivity index (χ1n) is 13.6. The molecule has 0 saturated heterocycles. The molecule has 9 heteroatoms. The summed E-state index contributed by atoms with van der Waals surface area (Å²) in [5.74, 6) is -0.442. The number of hydrogen-bond acceptors (Lipinski definition) is 6. The van der Waals surface area contributed by atoms with Crippen molar-refractivity contribution in [3.63, 3.8) is 0 Å². The van der Waals surface area contributed by atoms with Crippen molar-refractivity contribution in [2.75, 3.05) is 17.7 Å². The fourth-order valence-corrected chi connectivity index (χ4v) is 6.03. The Labute approximate surface area is 243 Å². The van der Waals surface area contributed by atoms with Crippen LogP contribution in [0.25, 0.3) is 11.3 Å². The van der Waals surface area contributed by atoms with Gasteiger partial charge in [-0.15, -0.1) is 0 Å². The van der Waals surface area contributed by atoms with E-state index in [0.717, 1.165) is 48.3 Å². The van der Waals surface area contributed by atoms with Crippen molar-refractivity contribution < 1.29 is 18.7 Å². The average Bonchev–Trinajstić information content (AvgIpc) is 3.63. The van der Waals surface area contributed by atoms with Crippen molar-refractivity contribution in [3.8, 4) is 17.0 Å². The molecule has 3 aromatic carbocycles. The number of anilines is 2. The fourth-order valence-electron chi connectivity index (χ4n) is 5.28. The molecular weight excluding hydrogens is 539 g/mol. The Bertz CT molecular complexity index is 1550. The molecule has 212 valence electrons. The first-order valence-corrected chi connectivity index (χ1v) is 14.4. The summed E-state index contributed by atoms with van der Waals surface area (Å²) >= 11 is 0.968. The molecule has 2 amide bonds. The largest absolute Gasteiger partial charge is 0.497 e. The standard InChI is InChI=1S/C32H33FN4O3S/c1-19-8-9-20(2)26(18-19)37(32(39)30-27(34)28(36-41-30)21-10-14-23(33)15-11-21)29(22-12-16-25(40-3)17-13-22)31(38)35-24-6-4-5-7-24/h8-18,24,29H,4-7,34H2,1-3H3,(H,35,38)/t29-/m0/s1. The summed E-state index contributed by atoms with van der Waals surface area (Å²) in [6.07, 6.45) is 3.92. The number of carbonyl (C=O) groups is 2. The zero-order valence-electron chi connectivity index (χ0n) is 23.3. The smallest absolute Gasteiger partial charge is 0.273 e. The molecule has 41 heavy (non-hydrogen) atoms. The number of rotatable bonds is 8. The molecule has 1 aliphatic carbocycles. The van der Waals surface area contributed by atoms with Gasteiger partial charge in [-0.25, -0.2) is 4.39 Å². The maximum Gasteiger partial charge on any atom is 0.273 e. The first-order chi connectivity index (χ1) is 19.8. The van der Waals surface area contributed by atoms with Crippen LogP contribution >= 0.6 is 11.5 Å². The lowest BCUT2D eigenvalue weighted by Gasteiger charge is -2.33. The van der Waals surface area contributed by atoms with Gasteiger partial charge in [-0.3, -0.25) is 14.5 Å². The maximum absolute atomic E-state index is 14.6. The van der Waals surface area contributed by atoms with Crippen molar-refractivity contribution in [1.82, 2.24) is 9.69 Å². The number of hydrogen-bond donors (Lipinski definition) is 2. The Kier molecular flexibility index (Phi) is 8.35. The number of nitrogens with zero attached hydrogens (tertiary/aromatic N) is 2. The van der Waals surface area contributed by atoms with Crippen LogP contribution in [0.3, 0.4) is 0 Å². The summed E-state index contributed by atoms with van der Waals surface area (Å²) < 4.78 is 23.4. The Balaban J connectivity index is 1.65. The minimum absolute atomic E-state index is 0.0531. The number of halogens is 1. The van der Waals surface area contributed by atoms with Gasteiger partial charge in [0.1, 0.15) is 28.2 Å². The Hall–Kier alpha value is -4.24. The van der Waals surface area contributed by atoms with Crippen LogP contribution in [0.1, 0.15) is 58.1 Å². The molecule has 0 aliphatic heterocycles. The lowest BCUT2D eigenvalue weighted by molar-refractivity contribution is -0.123. The van der Waals surface area contributed by atoms with Gasteiger partial charge < -0.3 is 15.8 Å². The molecule has 7 nitrogen and oxygen atoms in total. The van der Waals surface area contributed by atoms with Crippen LogP contribution in [-0.2, 0) is 4.79 Å². The molecule has 1 atom stereocenters. The van der Waals surface area contributed by atoms with Crippen LogP contribution in [0.4, 0.5) is 15.8 Å². The second-order valence-electron chi connectivity index (χ2n) is 10.4. The number of benzene rings is 3. The molecule has 1 aromatic heterocycles. The zero-order chi connectivity index (χ0) is 29.1. The summed E-state index contributed by atoms with van der Waals surface area (Å²) in [6.45, 7) is 3.86. The molecule has 1 heterocycles. The number of nitrogens with two attached hydrogens (primary N) is 1. The predicted octanol–water partition coefficient (Wildman–Crippen LogP) is 6.60. The van der Waals surface area contributed by atoms with Gasteiger partial charge in [-0.05, 0) is 97.4 Å². The Morgan fingerprint density at radius 2 is 1.73 bits per heavy atom. The van der Waals surface area contributed by atoms with Gasteiger partial charge in [0.15, 0.2) is 0 Å². The molecule has 0 radical (unpaired) electrons. The van der Waals surface area contributed by atoms with E-state index in [-0.39, 0.29) is 28.3 Å². The van der Waals surface area contributed by atoms with Crippen molar-refractivity contribution in [2.45, 2.75) is 51.6 Å². The van der Waals surface area contributed by atoms with E-state index in [0.29, 0.717) is 28.3 Å². The van der Waals surface area contributed by atoms with Crippen molar-refractivity contribution in [2.24, 2.45) is 0 Å². The number of aryl methyl sites for hydroxylation is 2. The number of nitrogen functional groups attached to an aromatic ring is 1. The Morgan fingerprint density at radius 3 is 2.39 bits per heavy atom. The van der Waals surface area contributed by atoms with Gasteiger partial charge in [-0.2, -0.15) is 4.37 Å². The van der Waals surface area contributed by atoms with Gasteiger partial charge in [0.05, 0.1) is 12.8 Å². The van der Waals surface area contributed by atoms with Crippen molar-refractivity contribution in [3.05, 3.63) is 94.1 Å². The first kappa shape index (κ1) is 28.3. The predicted molar refractivity (Wildman–Crippen MR) is 161 cm³/mol. The zero-order valence-corrected chi connectivity index (χ0v) is 24.1. The van der Waals surface area contributed by atoms with E-state index in [1.807, 2.05) is 44.2 Å². The SMILES string of the molecule is COc1ccc([C@@H](C(=O)NC2CCCC2)N(C(=O)c2snc(-c3ccc(F)cc3)c2N)c2cc(C)ccc2C)cc1. The minimum atomic E-state index is -0.981. The summed E-state index contributed by atoms with van der Waals surface area (Å²) in [6, 6.07) is 17.9. The van der Waals surface area contributed by atoms with Gasteiger partial charge in [0.2, 0.25) is 5.91 Å². The van der Waals surface area contributed by atoms with Crippen LogP contribution in [-0.4, -0.2) is 29.3 Å². The molecule has 5 rings (SSSR count). The van der Waals surface area contributed by atoms with E-state index >= 15 is 0 Å². The third-order valence-electron chi connectivity index (χ3n) is 7.52. The van der Waals surface area contributed by atoms with E-state index in [2.05, 4.69) is 9.69 Å². The second kappa shape index (κ2) is 12.1. The monoisotopic (exact) mass is 572 g/mol. The molecular formula is C32H33FN4O3S. The van der Waals surface area contributed by atoms with Gasteiger partial charge >= 0.3 is 0 Å². The highest BCUT2D eigenvalue weighted by Gasteiger charge is 2.37. The number of nitrogens with one attached hydrogen (secondary N) is 1. The number of amides is 2. The van der Waals surface area contributed by atoms with E-state index in [4.69, 9.17) is 10.5 Å². The average molecular weight is 573 g/mol. The number of methoxy groups -OCH3 is 1. The third kappa shape index (κ3) is 5.95. The van der Waals surface area contributed by atoms with Gasteiger partial charge in [-0.1, -0.05) is 37.1 Å². The normalized spacial score (nSPS) is 14.0. The van der Waals surface area contributed by atoms with Gasteiger partial charge in [0.25, 0.3) is 5.91 Å². The van der Waals surface area contributed by atoms with Crippen LogP contribution in [0.5, 0.6) is 5.75 Å². The van der Waals surface area contributed by atoms with Crippen molar-refractivity contribution in [1.29, 1.82) is 0 Å². The van der Waals surface area contributed by atoms with Gasteiger partial charge in [0, 0.05) is 17.3 Å². The topological polar surface area (TPSA) is 97.5 Å². The maximum atomic E-state index is 14.6. The third-order valence-corrected chi connectivity index (χ3v) is 8.37. The molecule has 0 bridgehead atoms. The molecule has 0 spiro atoms. The summed E-state index contributed by atoms with van der Waals surface area (Å²) in [5.41, 5.74) is 10.7. The highest BCUT2D eigenvalue weighted by atomic mass is 32.1. The quantitative estimate of drug-likeness (QED) is 0.248. The summed E-state index contributed by atoms with van der Waals surface area (Å²) in [4.78, 5) is 30.4. The van der Waals surface area contributed by atoms with E-state index in [9.17, 15) is 14.0 Å². The van der Waals surface area contributed by atoms with Crippen molar-refractivity contribution >= 4 is 34.7 Å². The number of ether oxygens (including phenoxy) is 1. The van der Waals surface area contributed by atoms with Crippen LogP contribution in [0, 0.1) is 19.7 Å². The minimum Gasteiger partial charge on any atom is -0.497 e. The summed E-state index contributed by atoms with van der Waals surface area (Å²) in [7, 11) is 1.58. The molecule has 3 N–H and O–H groups in total. The lowest BCUT2D eigenvalue weighted by Crippen LogP contribution is -2.46. The van der Waals surface area contributed by atoms with Crippen LogP contribution in [0.15, 0.2) is 66.7 Å². The van der Waals surface area contributed by atoms with E-state index < -0.39 is 11.9 Å². The highest BCUT2D eigenvalue weighted by molar-refractivity contribution is 7.09. The number of aromatic nitrogens is 1.